The van der Waals surface area contributed by atoms with Gasteiger partial charge in [0, 0.05) is 56.0 Å². The first-order valence-corrected chi connectivity index (χ1v) is 10.9. The summed E-state index contributed by atoms with van der Waals surface area (Å²) in [5.41, 5.74) is 0.608. The molecule has 168 valence electrons. The highest BCUT2D eigenvalue weighted by Gasteiger charge is 2.31. The summed E-state index contributed by atoms with van der Waals surface area (Å²) in [7, 11) is 4.88. The molecule has 0 radical (unpaired) electrons. The Morgan fingerprint density at radius 1 is 1.03 bits per heavy atom. The minimum Gasteiger partial charge on any atom is -0.497 e. The first kappa shape index (κ1) is 21.3. The number of methoxy groups -OCH3 is 2. The van der Waals surface area contributed by atoms with Gasteiger partial charge in [-0.3, -0.25) is 4.57 Å². The van der Waals surface area contributed by atoms with Crippen LogP contribution in [0.3, 0.4) is 0 Å². The second-order valence-corrected chi connectivity index (χ2v) is 8.37. The molecule has 1 aliphatic heterocycles. The number of likely N-dealkylation sites (tertiary alicyclic amines) is 1. The van der Waals surface area contributed by atoms with Crippen LogP contribution in [-0.2, 0) is 7.05 Å². The van der Waals surface area contributed by atoms with E-state index in [9.17, 15) is 9.59 Å². The fourth-order valence-corrected chi connectivity index (χ4v) is 4.71. The molecule has 0 spiro atoms. The van der Waals surface area contributed by atoms with E-state index in [1.54, 1.807) is 39.5 Å². The van der Waals surface area contributed by atoms with Gasteiger partial charge < -0.3 is 19.7 Å². The Morgan fingerprint density at radius 3 is 2.23 bits per heavy atom. The van der Waals surface area contributed by atoms with Crippen molar-refractivity contribution in [2.24, 2.45) is 7.05 Å². The molecule has 2 heterocycles. The predicted octanol–water partition coefficient (Wildman–Crippen LogP) is 3.13. The van der Waals surface area contributed by atoms with E-state index in [0.717, 1.165) is 31.5 Å². The highest BCUT2D eigenvalue weighted by molar-refractivity contribution is 5.90. The van der Waals surface area contributed by atoms with Crippen LogP contribution in [0.5, 0.6) is 11.5 Å². The lowest BCUT2D eigenvalue weighted by Gasteiger charge is -2.32. The van der Waals surface area contributed by atoms with Crippen LogP contribution >= 0.6 is 0 Å². The standard InChI is InChI=1S/C22H31N5O4/c1-25-22(29)27(17-6-4-5-7-17)20(24-25)15-8-10-26(11-9-15)21(28)23-16-12-18(30-2)14-19(13-16)31-3/h12-15,17H,4-11H2,1-3H3,(H,23,28). The number of aryl methyl sites for hydroxylation is 1. The van der Waals surface area contributed by atoms with Gasteiger partial charge in [-0.2, -0.15) is 5.10 Å². The Morgan fingerprint density at radius 2 is 1.65 bits per heavy atom. The average Bonchev–Trinajstić information content (AvgIpc) is 3.41. The van der Waals surface area contributed by atoms with Gasteiger partial charge in [0.15, 0.2) is 0 Å². The molecule has 1 saturated heterocycles. The van der Waals surface area contributed by atoms with Crippen molar-refractivity contribution in [3.8, 4) is 11.5 Å². The lowest BCUT2D eigenvalue weighted by molar-refractivity contribution is 0.192. The van der Waals surface area contributed by atoms with Gasteiger partial charge in [0.05, 0.1) is 14.2 Å². The number of nitrogens with zero attached hydrogens (tertiary/aromatic N) is 4. The number of hydrogen-bond donors (Lipinski definition) is 1. The Balaban J connectivity index is 1.42. The monoisotopic (exact) mass is 429 g/mol. The zero-order chi connectivity index (χ0) is 22.0. The summed E-state index contributed by atoms with van der Waals surface area (Å²) in [4.78, 5) is 27.3. The third-order valence-corrected chi connectivity index (χ3v) is 6.42. The number of urea groups is 1. The molecule has 1 N–H and O–H groups in total. The summed E-state index contributed by atoms with van der Waals surface area (Å²) >= 11 is 0. The number of anilines is 1. The number of hydrogen-bond acceptors (Lipinski definition) is 5. The molecule has 2 aliphatic rings. The Hall–Kier alpha value is -2.97. The fraction of sp³-hybridized carbons (Fsp3) is 0.591. The molecule has 0 atom stereocenters. The van der Waals surface area contributed by atoms with Crippen molar-refractivity contribution in [3.63, 3.8) is 0 Å². The fourth-order valence-electron chi connectivity index (χ4n) is 4.71. The summed E-state index contributed by atoms with van der Waals surface area (Å²) in [5, 5.41) is 7.51. The summed E-state index contributed by atoms with van der Waals surface area (Å²) in [5.74, 6) is 2.31. The van der Waals surface area contributed by atoms with Crippen LogP contribution in [-0.4, -0.2) is 52.6 Å². The number of ether oxygens (including phenoxy) is 2. The number of nitrogens with one attached hydrogen (secondary N) is 1. The lowest BCUT2D eigenvalue weighted by Crippen LogP contribution is -2.41. The molecule has 9 nitrogen and oxygen atoms in total. The van der Waals surface area contributed by atoms with E-state index in [-0.39, 0.29) is 23.7 Å². The van der Waals surface area contributed by atoms with Crippen LogP contribution in [0.2, 0.25) is 0 Å². The van der Waals surface area contributed by atoms with Crippen molar-refractivity contribution < 1.29 is 14.3 Å². The quantitative estimate of drug-likeness (QED) is 0.789. The molecule has 2 amide bonds. The second-order valence-electron chi connectivity index (χ2n) is 8.37. The first-order chi connectivity index (χ1) is 15.0. The van der Waals surface area contributed by atoms with Crippen molar-refractivity contribution in [1.82, 2.24) is 19.2 Å². The molecular weight excluding hydrogens is 398 g/mol. The highest BCUT2D eigenvalue weighted by atomic mass is 16.5. The van der Waals surface area contributed by atoms with Gasteiger partial charge in [0.25, 0.3) is 0 Å². The van der Waals surface area contributed by atoms with Crippen molar-refractivity contribution in [1.29, 1.82) is 0 Å². The van der Waals surface area contributed by atoms with Gasteiger partial charge in [0.2, 0.25) is 0 Å². The van der Waals surface area contributed by atoms with E-state index in [1.165, 1.54) is 17.5 Å². The van der Waals surface area contributed by atoms with E-state index < -0.39 is 0 Å². The summed E-state index contributed by atoms with van der Waals surface area (Å²) in [6.07, 6.45) is 6.00. The molecule has 31 heavy (non-hydrogen) atoms. The van der Waals surface area contributed by atoms with Crippen molar-refractivity contribution in [2.45, 2.75) is 50.5 Å². The van der Waals surface area contributed by atoms with Crippen molar-refractivity contribution in [3.05, 3.63) is 34.5 Å². The van der Waals surface area contributed by atoms with E-state index in [0.29, 0.717) is 30.3 Å². The van der Waals surface area contributed by atoms with Crippen molar-refractivity contribution in [2.75, 3.05) is 32.6 Å². The average molecular weight is 430 g/mol. The van der Waals surface area contributed by atoms with Gasteiger partial charge in [0.1, 0.15) is 17.3 Å². The molecule has 2 aromatic rings. The minimum atomic E-state index is -0.150. The van der Waals surface area contributed by atoms with Gasteiger partial charge in [-0.1, -0.05) is 12.8 Å². The maximum atomic E-state index is 12.8. The third-order valence-electron chi connectivity index (χ3n) is 6.42. The van der Waals surface area contributed by atoms with Gasteiger partial charge in [-0.15, -0.1) is 0 Å². The summed E-state index contributed by atoms with van der Waals surface area (Å²) < 4.78 is 13.9. The first-order valence-electron chi connectivity index (χ1n) is 10.9. The van der Waals surface area contributed by atoms with Gasteiger partial charge in [-0.25, -0.2) is 14.3 Å². The van der Waals surface area contributed by atoms with Gasteiger partial charge >= 0.3 is 11.7 Å². The van der Waals surface area contributed by atoms with E-state index in [4.69, 9.17) is 9.47 Å². The van der Waals surface area contributed by atoms with Crippen LogP contribution in [0, 0.1) is 0 Å². The summed E-state index contributed by atoms with van der Waals surface area (Å²) in [6, 6.07) is 5.41. The molecule has 1 aromatic carbocycles. The molecule has 2 fully saturated rings. The number of carbonyl (C=O) groups excluding carboxylic acids is 1. The van der Waals surface area contributed by atoms with Crippen LogP contribution < -0.4 is 20.5 Å². The number of amides is 2. The zero-order valence-electron chi connectivity index (χ0n) is 18.5. The lowest BCUT2D eigenvalue weighted by atomic mass is 9.95. The maximum Gasteiger partial charge on any atom is 0.345 e. The Labute approximate surface area is 181 Å². The molecule has 1 aromatic heterocycles. The highest BCUT2D eigenvalue weighted by Crippen LogP contribution is 2.34. The number of rotatable bonds is 5. The number of piperidine rings is 1. The minimum absolute atomic E-state index is 0.0194. The van der Waals surface area contributed by atoms with E-state index >= 15 is 0 Å². The summed E-state index contributed by atoms with van der Waals surface area (Å²) in [6.45, 7) is 1.24. The maximum absolute atomic E-state index is 12.8. The molecule has 4 rings (SSSR count). The Bertz CT molecular complexity index is 962. The molecule has 0 bridgehead atoms. The predicted molar refractivity (Wildman–Crippen MR) is 117 cm³/mol. The number of benzene rings is 1. The third kappa shape index (κ3) is 4.40. The molecule has 1 aliphatic carbocycles. The number of aromatic nitrogens is 3. The van der Waals surface area contributed by atoms with Crippen molar-refractivity contribution >= 4 is 11.7 Å². The van der Waals surface area contributed by atoms with Crippen LogP contribution in [0.1, 0.15) is 56.3 Å². The normalized spacial score (nSPS) is 17.7. The molecule has 0 unspecified atom stereocenters. The number of carbonyl (C=O) groups is 1. The van der Waals surface area contributed by atoms with Gasteiger partial charge in [-0.05, 0) is 25.7 Å². The molecule has 1 saturated carbocycles. The van der Waals surface area contributed by atoms with Crippen LogP contribution in [0.25, 0.3) is 0 Å². The largest absolute Gasteiger partial charge is 0.497 e. The second kappa shape index (κ2) is 9.03. The van der Waals surface area contributed by atoms with E-state index in [1.807, 2.05) is 9.47 Å². The molecule has 9 heteroatoms. The molecular formula is C22H31N5O4. The van der Waals surface area contributed by atoms with Crippen LogP contribution in [0.15, 0.2) is 23.0 Å². The topological polar surface area (TPSA) is 90.6 Å². The zero-order valence-corrected chi connectivity index (χ0v) is 18.5. The van der Waals surface area contributed by atoms with Crippen LogP contribution in [0.4, 0.5) is 10.5 Å². The smallest absolute Gasteiger partial charge is 0.345 e. The SMILES string of the molecule is COc1cc(NC(=O)N2CCC(c3nn(C)c(=O)n3C3CCCC3)CC2)cc(OC)c1. The Kier molecular flexibility index (Phi) is 6.20. The van der Waals surface area contributed by atoms with E-state index in [2.05, 4.69) is 10.4 Å².